The molecule has 0 heterocycles. The van der Waals surface area contributed by atoms with Crippen LogP contribution in [0.4, 0.5) is 0 Å². The monoisotopic (exact) mass is 253 g/mol. The Hall–Kier alpha value is -0.0800. The van der Waals surface area contributed by atoms with E-state index < -0.39 is 0 Å². The van der Waals surface area contributed by atoms with E-state index in [9.17, 15) is 0 Å². The minimum absolute atomic E-state index is 0.409. The summed E-state index contributed by atoms with van der Waals surface area (Å²) in [6.07, 6.45) is 10.4. The van der Waals surface area contributed by atoms with Gasteiger partial charge in [0.2, 0.25) is 0 Å². The molecule has 2 fully saturated rings. The summed E-state index contributed by atoms with van der Waals surface area (Å²) in [7, 11) is 0. The van der Waals surface area contributed by atoms with Crippen LogP contribution in [0.2, 0.25) is 0 Å². The SMILES string of the molecule is CCC1CCCC(OC(CNC2CC2)C(C)C)C1. The van der Waals surface area contributed by atoms with Crippen LogP contribution in [-0.2, 0) is 4.74 Å². The molecule has 2 aliphatic carbocycles. The quantitative estimate of drug-likeness (QED) is 0.746. The lowest BCUT2D eigenvalue weighted by Gasteiger charge is -2.33. The van der Waals surface area contributed by atoms with Crippen LogP contribution < -0.4 is 5.32 Å². The lowest BCUT2D eigenvalue weighted by Crippen LogP contribution is -2.38. The maximum Gasteiger partial charge on any atom is 0.0726 e. The summed E-state index contributed by atoms with van der Waals surface area (Å²) in [5, 5.41) is 3.63. The molecular weight excluding hydrogens is 222 g/mol. The van der Waals surface area contributed by atoms with Crippen LogP contribution in [-0.4, -0.2) is 24.8 Å². The third-order valence-corrected chi connectivity index (χ3v) is 4.61. The van der Waals surface area contributed by atoms with E-state index in [2.05, 4.69) is 26.1 Å². The second-order valence-electron chi connectivity index (χ2n) is 6.66. The van der Waals surface area contributed by atoms with Crippen molar-refractivity contribution < 1.29 is 4.74 Å². The lowest BCUT2D eigenvalue weighted by molar-refractivity contribution is -0.0588. The highest BCUT2D eigenvalue weighted by Crippen LogP contribution is 2.30. The molecule has 0 spiro atoms. The molecule has 3 atom stereocenters. The molecule has 2 saturated carbocycles. The van der Waals surface area contributed by atoms with Gasteiger partial charge in [-0.05, 0) is 37.5 Å². The van der Waals surface area contributed by atoms with Crippen LogP contribution in [0, 0.1) is 11.8 Å². The topological polar surface area (TPSA) is 21.3 Å². The van der Waals surface area contributed by atoms with Crippen molar-refractivity contribution in [2.45, 2.75) is 84.0 Å². The Morgan fingerprint density at radius 2 is 1.94 bits per heavy atom. The van der Waals surface area contributed by atoms with E-state index in [1.54, 1.807) is 0 Å². The molecule has 0 bridgehead atoms. The summed E-state index contributed by atoms with van der Waals surface area (Å²) < 4.78 is 6.40. The van der Waals surface area contributed by atoms with Crippen molar-refractivity contribution in [2.24, 2.45) is 11.8 Å². The summed E-state index contributed by atoms with van der Waals surface area (Å²) in [6, 6.07) is 0.796. The van der Waals surface area contributed by atoms with E-state index in [0.29, 0.717) is 18.1 Å². The minimum atomic E-state index is 0.409. The van der Waals surface area contributed by atoms with Gasteiger partial charge in [-0.25, -0.2) is 0 Å². The van der Waals surface area contributed by atoms with Crippen LogP contribution in [0.25, 0.3) is 0 Å². The Kier molecular flexibility index (Phi) is 5.50. The third kappa shape index (κ3) is 4.55. The molecule has 0 aliphatic heterocycles. The van der Waals surface area contributed by atoms with Crippen molar-refractivity contribution in [1.82, 2.24) is 5.32 Å². The Labute approximate surface area is 113 Å². The molecule has 18 heavy (non-hydrogen) atoms. The minimum Gasteiger partial charge on any atom is -0.373 e. The summed E-state index contributed by atoms with van der Waals surface area (Å²) in [5.74, 6) is 1.53. The van der Waals surface area contributed by atoms with E-state index in [-0.39, 0.29) is 0 Å². The van der Waals surface area contributed by atoms with Crippen LogP contribution >= 0.6 is 0 Å². The molecule has 1 N–H and O–H groups in total. The molecule has 106 valence electrons. The second kappa shape index (κ2) is 6.91. The Balaban J connectivity index is 1.75. The van der Waals surface area contributed by atoms with Crippen molar-refractivity contribution in [1.29, 1.82) is 0 Å². The van der Waals surface area contributed by atoms with Gasteiger partial charge in [-0.3, -0.25) is 0 Å². The van der Waals surface area contributed by atoms with Crippen molar-refractivity contribution in [2.75, 3.05) is 6.54 Å². The van der Waals surface area contributed by atoms with Gasteiger partial charge in [-0.2, -0.15) is 0 Å². The maximum absolute atomic E-state index is 6.40. The highest BCUT2D eigenvalue weighted by Gasteiger charge is 2.27. The molecule has 0 aromatic rings. The maximum atomic E-state index is 6.40. The molecule has 0 saturated heterocycles. The van der Waals surface area contributed by atoms with Crippen molar-refractivity contribution in [3.05, 3.63) is 0 Å². The molecule has 2 aliphatic rings. The first-order valence-electron chi connectivity index (χ1n) is 8.07. The number of ether oxygens (including phenoxy) is 1. The molecule has 0 aromatic carbocycles. The van der Waals surface area contributed by atoms with E-state index in [4.69, 9.17) is 4.74 Å². The summed E-state index contributed by atoms with van der Waals surface area (Å²) in [5.41, 5.74) is 0. The van der Waals surface area contributed by atoms with Crippen molar-refractivity contribution in [3.63, 3.8) is 0 Å². The van der Waals surface area contributed by atoms with E-state index in [0.717, 1.165) is 18.5 Å². The highest BCUT2D eigenvalue weighted by atomic mass is 16.5. The van der Waals surface area contributed by atoms with Crippen LogP contribution in [0.1, 0.15) is 65.7 Å². The smallest absolute Gasteiger partial charge is 0.0726 e. The Bertz CT molecular complexity index is 237. The molecule has 2 nitrogen and oxygen atoms in total. The normalized spacial score (nSPS) is 30.7. The van der Waals surface area contributed by atoms with Gasteiger partial charge in [-0.15, -0.1) is 0 Å². The van der Waals surface area contributed by atoms with Crippen LogP contribution in [0.5, 0.6) is 0 Å². The highest BCUT2D eigenvalue weighted by molar-refractivity contribution is 4.83. The van der Waals surface area contributed by atoms with Gasteiger partial charge in [-0.1, -0.05) is 40.0 Å². The largest absolute Gasteiger partial charge is 0.373 e. The average molecular weight is 253 g/mol. The average Bonchev–Trinajstić information content (AvgIpc) is 3.18. The lowest BCUT2D eigenvalue weighted by atomic mass is 9.85. The molecular formula is C16H31NO. The number of hydrogen-bond acceptors (Lipinski definition) is 2. The second-order valence-corrected chi connectivity index (χ2v) is 6.66. The number of hydrogen-bond donors (Lipinski definition) is 1. The molecule has 0 amide bonds. The molecule has 0 radical (unpaired) electrons. The fourth-order valence-electron chi connectivity index (χ4n) is 2.99. The first kappa shape index (κ1) is 14.3. The van der Waals surface area contributed by atoms with Crippen LogP contribution in [0.3, 0.4) is 0 Å². The van der Waals surface area contributed by atoms with Gasteiger partial charge in [0.05, 0.1) is 12.2 Å². The van der Waals surface area contributed by atoms with Gasteiger partial charge in [0, 0.05) is 12.6 Å². The standard InChI is InChI=1S/C16H31NO/c1-4-13-6-5-7-15(10-13)18-16(12(2)3)11-17-14-8-9-14/h12-17H,4-11H2,1-3H3. The predicted octanol–water partition coefficient (Wildman–Crippen LogP) is 3.75. The fourth-order valence-corrected chi connectivity index (χ4v) is 2.99. The van der Waals surface area contributed by atoms with E-state index >= 15 is 0 Å². The first-order valence-corrected chi connectivity index (χ1v) is 8.07. The van der Waals surface area contributed by atoms with Gasteiger partial charge < -0.3 is 10.1 Å². The molecule has 3 unspecified atom stereocenters. The van der Waals surface area contributed by atoms with Gasteiger partial charge in [0.1, 0.15) is 0 Å². The van der Waals surface area contributed by atoms with Crippen molar-refractivity contribution in [3.8, 4) is 0 Å². The summed E-state index contributed by atoms with van der Waals surface area (Å²) in [6.45, 7) is 7.95. The summed E-state index contributed by atoms with van der Waals surface area (Å²) in [4.78, 5) is 0. The van der Waals surface area contributed by atoms with E-state index in [1.165, 1.54) is 44.9 Å². The Morgan fingerprint density at radius 3 is 2.56 bits per heavy atom. The zero-order chi connectivity index (χ0) is 13.0. The van der Waals surface area contributed by atoms with Crippen LogP contribution in [0.15, 0.2) is 0 Å². The predicted molar refractivity (Wildman–Crippen MR) is 76.8 cm³/mol. The third-order valence-electron chi connectivity index (χ3n) is 4.61. The first-order chi connectivity index (χ1) is 8.69. The van der Waals surface area contributed by atoms with Gasteiger partial charge in [0.15, 0.2) is 0 Å². The van der Waals surface area contributed by atoms with Crippen molar-refractivity contribution >= 4 is 0 Å². The molecule has 2 rings (SSSR count). The molecule has 0 aromatic heterocycles. The number of rotatable bonds is 7. The zero-order valence-electron chi connectivity index (χ0n) is 12.5. The number of nitrogens with one attached hydrogen (secondary N) is 1. The molecule has 2 heteroatoms. The van der Waals surface area contributed by atoms with Gasteiger partial charge in [0.25, 0.3) is 0 Å². The fraction of sp³-hybridized carbons (Fsp3) is 1.00. The van der Waals surface area contributed by atoms with Gasteiger partial charge >= 0.3 is 0 Å². The zero-order valence-corrected chi connectivity index (χ0v) is 12.5. The Morgan fingerprint density at radius 1 is 1.17 bits per heavy atom. The summed E-state index contributed by atoms with van der Waals surface area (Å²) >= 11 is 0. The van der Waals surface area contributed by atoms with E-state index in [1.807, 2.05) is 0 Å².